The van der Waals surface area contributed by atoms with Gasteiger partial charge in [0.15, 0.2) is 11.6 Å². The van der Waals surface area contributed by atoms with Crippen molar-refractivity contribution in [2.75, 3.05) is 18.4 Å². The van der Waals surface area contributed by atoms with Gasteiger partial charge in [-0.15, -0.1) is 10.2 Å². The molecule has 0 radical (unpaired) electrons. The summed E-state index contributed by atoms with van der Waals surface area (Å²) >= 11 is 0. The van der Waals surface area contributed by atoms with E-state index in [4.69, 9.17) is 0 Å². The molecule has 1 N–H and O–H groups in total. The van der Waals surface area contributed by atoms with Crippen LogP contribution in [0.2, 0.25) is 0 Å². The molecule has 2 heterocycles. The summed E-state index contributed by atoms with van der Waals surface area (Å²) in [6, 6.07) is 16.1. The summed E-state index contributed by atoms with van der Waals surface area (Å²) in [4.78, 5) is 11.7. The lowest BCUT2D eigenvalue weighted by atomic mass is 10.0. The summed E-state index contributed by atoms with van der Waals surface area (Å²) < 4.78 is 28.2. The van der Waals surface area contributed by atoms with Gasteiger partial charge in [0, 0.05) is 29.9 Å². The van der Waals surface area contributed by atoms with Crippen molar-refractivity contribution in [2.24, 2.45) is 5.92 Å². The Hall–Kier alpha value is -3.10. The number of anilines is 2. The lowest BCUT2D eigenvalue weighted by Crippen LogP contribution is -2.38. The second kappa shape index (κ2) is 9.41. The summed E-state index contributed by atoms with van der Waals surface area (Å²) in [5.41, 5.74) is 3.45. The van der Waals surface area contributed by atoms with Crippen molar-refractivity contribution in [3.05, 3.63) is 65.7 Å². The third-order valence-corrected chi connectivity index (χ3v) is 8.11. The zero-order valence-electron chi connectivity index (χ0n) is 19.1. The predicted octanol–water partition coefficient (Wildman–Crippen LogP) is 4.82. The summed E-state index contributed by atoms with van der Waals surface area (Å²) in [5.74, 6) is 1.12. The maximum atomic E-state index is 13.3. The molecule has 4 rings (SSSR count). The van der Waals surface area contributed by atoms with E-state index >= 15 is 0 Å². The molecular weight excluding hydrogens is 436 g/mol. The Morgan fingerprint density at radius 2 is 1.70 bits per heavy atom. The van der Waals surface area contributed by atoms with Crippen molar-refractivity contribution in [2.45, 2.75) is 38.5 Å². The molecule has 0 bridgehead atoms. The molecule has 1 saturated heterocycles. The third kappa shape index (κ3) is 5.12. The number of nitrogens with zero attached hydrogens (tertiary/aromatic N) is 3. The lowest BCUT2D eigenvalue weighted by Gasteiger charge is -2.30. The Morgan fingerprint density at radius 3 is 2.30 bits per heavy atom. The standard InChI is InChI=1S/C25H28N4O3S/c1-17-12-14-29(15-13-17)33(31,32)24-16-21(5-4-18(24)2)23-10-11-25(28-27-23)26-22-8-6-20(7-9-22)19(3)30/h4-11,16-17H,12-15H2,1-3H3,(H,26,28). The van der Waals surface area contributed by atoms with E-state index in [1.165, 1.54) is 6.92 Å². The molecule has 3 aromatic rings. The van der Waals surface area contributed by atoms with Gasteiger partial charge in [-0.2, -0.15) is 4.31 Å². The fraction of sp³-hybridized carbons (Fsp3) is 0.320. The summed E-state index contributed by atoms with van der Waals surface area (Å²) in [7, 11) is -3.56. The molecule has 1 aliphatic rings. The molecule has 172 valence electrons. The fourth-order valence-corrected chi connectivity index (χ4v) is 5.61. The van der Waals surface area contributed by atoms with Crippen LogP contribution in [0, 0.1) is 12.8 Å². The van der Waals surface area contributed by atoms with Crippen LogP contribution in [-0.4, -0.2) is 41.8 Å². The zero-order valence-corrected chi connectivity index (χ0v) is 19.9. The first-order valence-electron chi connectivity index (χ1n) is 11.1. The Morgan fingerprint density at radius 1 is 1.00 bits per heavy atom. The average molecular weight is 465 g/mol. The molecule has 1 fully saturated rings. The van der Waals surface area contributed by atoms with Gasteiger partial charge in [-0.3, -0.25) is 4.79 Å². The van der Waals surface area contributed by atoms with E-state index in [0.29, 0.717) is 46.5 Å². The number of sulfonamides is 1. The number of benzene rings is 2. The van der Waals surface area contributed by atoms with Crippen molar-refractivity contribution in [3.8, 4) is 11.3 Å². The minimum Gasteiger partial charge on any atom is -0.339 e. The van der Waals surface area contributed by atoms with Crippen LogP contribution in [-0.2, 0) is 10.0 Å². The highest BCUT2D eigenvalue weighted by Gasteiger charge is 2.29. The third-order valence-electron chi connectivity index (χ3n) is 6.07. The van der Waals surface area contributed by atoms with Gasteiger partial charge in [-0.1, -0.05) is 19.1 Å². The Labute approximate surface area is 194 Å². The first-order valence-corrected chi connectivity index (χ1v) is 12.5. The molecule has 1 aromatic heterocycles. The number of carbonyl (C=O) groups is 1. The number of ketones is 1. The van der Waals surface area contributed by atoms with Crippen LogP contribution in [0.5, 0.6) is 0 Å². The Kier molecular flexibility index (Phi) is 6.58. The molecule has 0 atom stereocenters. The number of nitrogens with one attached hydrogen (secondary N) is 1. The van der Waals surface area contributed by atoms with Crippen LogP contribution in [0.3, 0.4) is 0 Å². The number of carbonyl (C=O) groups excluding carboxylic acids is 1. The number of Topliss-reactive ketones (excluding diaryl/α,β-unsaturated/α-hetero) is 1. The first kappa shape index (κ1) is 23.1. The molecule has 1 aliphatic heterocycles. The van der Waals surface area contributed by atoms with Gasteiger partial charge in [0.2, 0.25) is 10.0 Å². The topological polar surface area (TPSA) is 92.3 Å². The predicted molar refractivity (Wildman–Crippen MR) is 129 cm³/mol. The van der Waals surface area contributed by atoms with Gasteiger partial charge >= 0.3 is 0 Å². The van der Waals surface area contributed by atoms with Crippen molar-refractivity contribution in [3.63, 3.8) is 0 Å². The first-order chi connectivity index (χ1) is 15.7. The molecule has 7 nitrogen and oxygen atoms in total. The number of piperidine rings is 1. The quantitative estimate of drug-likeness (QED) is 0.526. The Balaban J connectivity index is 1.54. The number of aryl methyl sites for hydroxylation is 1. The second-order valence-corrected chi connectivity index (χ2v) is 10.5. The van der Waals surface area contributed by atoms with Gasteiger partial charge < -0.3 is 5.32 Å². The largest absolute Gasteiger partial charge is 0.339 e. The molecule has 0 unspecified atom stereocenters. The van der Waals surface area contributed by atoms with E-state index in [0.717, 1.165) is 24.1 Å². The number of aromatic nitrogens is 2. The smallest absolute Gasteiger partial charge is 0.243 e. The number of hydrogen-bond acceptors (Lipinski definition) is 6. The van der Waals surface area contributed by atoms with Gasteiger partial charge in [0.1, 0.15) is 0 Å². The van der Waals surface area contributed by atoms with Crippen LogP contribution in [0.15, 0.2) is 59.5 Å². The van der Waals surface area contributed by atoms with Gasteiger partial charge in [-0.05, 0) is 80.6 Å². The van der Waals surface area contributed by atoms with Gasteiger partial charge in [-0.25, -0.2) is 8.42 Å². The van der Waals surface area contributed by atoms with Crippen molar-refractivity contribution < 1.29 is 13.2 Å². The molecular formula is C25H28N4O3S. The second-order valence-electron chi connectivity index (χ2n) is 8.63. The SMILES string of the molecule is CC(=O)c1ccc(Nc2ccc(-c3ccc(C)c(S(=O)(=O)N4CCC(C)CC4)c3)nn2)cc1. The van der Waals surface area contributed by atoms with Crippen molar-refractivity contribution in [1.82, 2.24) is 14.5 Å². The number of hydrogen-bond donors (Lipinski definition) is 1. The Bertz CT molecular complexity index is 1250. The minimum absolute atomic E-state index is 0.0139. The normalized spacial score (nSPS) is 15.4. The van der Waals surface area contributed by atoms with E-state index in [1.807, 2.05) is 37.3 Å². The van der Waals surface area contributed by atoms with Crippen LogP contribution >= 0.6 is 0 Å². The average Bonchev–Trinajstić information content (AvgIpc) is 2.80. The molecule has 0 amide bonds. The zero-order chi connectivity index (χ0) is 23.6. The molecule has 0 saturated carbocycles. The maximum Gasteiger partial charge on any atom is 0.243 e. The van der Waals surface area contributed by atoms with E-state index in [1.54, 1.807) is 28.6 Å². The van der Waals surface area contributed by atoms with Crippen molar-refractivity contribution in [1.29, 1.82) is 0 Å². The van der Waals surface area contributed by atoms with Gasteiger partial charge in [0.25, 0.3) is 0 Å². The molecule has 8 heteroatoms. The monoisotopic (exact) mass is 464 g/mol. The van der Waals surface area contributed by atoms with E-state index < -0.39 is 10.0 Å². The van der Waals surface area contributed by atoms with Crippen LogP contribution in [0.25, 0.3) is 11.3 Å². The van der Waals surface area contributed by atoms with Gasteiger partial charge in [0.05, 0.1) is 10.6 Å². The van der Waals surface area contributed by atoms with Crippen LogP contribution < -0.4 is 5.32 Å². The molecule has 0 aliphatic carbocycles. The summed E-state index contributed by atoms with van der Waals surface area (Å²) in [6.07, 6.45) is 1.77. The summed E-state index contributed by atoms with van der Waals surface area (Å²) in [6.45, 7) is 6.62. The van der Waals surface area contributed by atoms with Crippen LogP contribution in [0.1, 0.15) is 42.6 Å². The molecule has 2 aromatic carbocycles. The highest BCUT2D eigenvalue weighted by atomic mass is 32.2. The van der Waals surface area contributed by atoms with Crippen LogP contribution in [0.4, 0.5) is 11.5 Å². The highest BCUT2D eigenvalue weighted by Crippen LogP contribution is 2.29. The van der Waals surface area contributed by atoms with E-state index in [-0.39, 0.29) is 5.78 Å². The summed E-state index contributed by atoms with van der Waals surface area (Å²) in [5, 5.41) is 11.7. The van der Waals surface area contributed by atoms with Crippen molar-refractivity contribution >= 4 is 27.3 Å². The number of rotatable bonds is 6. The highest BCUT2D eigenvalue weighted by molar-refractivity contribution is 7.89. The van der Waals surface area contributed by atoms with E-state index in [2.05, 4.69) is 22.4 Å². The lowest BCUT2D eigenvalue weighted by molar-refractivity contribution is 0.101. The van der Waals surface area contributed by atoms with E-state index in [9.17, 15) is 13.2 Å². The fourth-order valence-electron chi connectivity index (χ4n) is 3.89. The molecule has 0 spiro atoms. The minimum atomic E-state index is -3.56. The molecule has 33 heavy (non-hydrogen) atoms. The maximum absolute atomic E-state index is 13.3.